The van der Waals surface area contributed by atoms with Crippen molar-refractivity contribution in [1.29, 1.82) is 0 Å². The summed E-state index contributed by atoms with van der Waals surface area (Å²) in [7, 11) is 0. The van der Waals surface area contributed by atoms with Crippen LogP contribution in [0.2, 0.25) is 0 Å². The molecule has 0 unspecified atom stereocenters. The zero-order valence-corrected chi connectivity index (χ0v) is 15.9. The number of nitrogens with two attached hydrogens (primary N) is 1. The molecule has 1 aromatic heterocycles. The van der Waals surface area contributed by atoms with Crippen LogP contribution in [0, 0.1) is 13.8 Å². The van der Waals surface area contributed by atoms with Gasteiger partial charge in [0.2, 0.25) is 5.95 Å². The summed E-state index contributed by atoms with van der Waals surface area (Å²) in [5.74, 6) is 1.80. The molecule has 3 N–H and O–H groups in total. The largest absolute Gasteiger partial charge is 0.371 e. The second-order valence-electron chi connectivity index (χ2n) is 7.83. The third-order valence-electron chi connectivity index (χ3n) is 6.33. The van der Waals surface area contributed by atoms with Crippen LogP contribution in [-0.4, -0.2) is 52.3 Å². The number of aromatic amines is 1. The summed E-state index contributed by atoms with van der Waals surface area (Å²) in [4.78, 5) is 9.58. The highest BCUT2D eigenvalue weighted by Gasteiger charge is 2.30. The van der Waals surface area contributed by atoms with Crippen molar-refractivity contribution in [3.63, 3.8) is 0 Å². The molecule has 6 heteroatoms. The monoisotopic (exact) mass is 354 g/mol. The lowest BCUT2D eigenvalue weighted by atomic mass is 9.92. The molecular formula is C20H30N6. The molecule has 0 bridgehead atoms. The van der Waals surface area contributed by atoms with Crippen molar-refractivity contribution >= 4 is 11.6 Å². The Morgan fingerprint density at radius 2 is 1.77 bits per heavy atom. The quantitative estimate of drug-likeness (QED) is 0.887. The van der Waals surface area contributed by atoms with Crippen LogP contribution in [0.3, 0.4) is 0 Å². The number of H-pyrrole nitrogens is 1. The maximum atomic E-state index is 5.64. The van der Waals surface area contributed by atoms with E-state index >= 15 is 0 Å². The predicted octanol–water partition coefficient (Wildman–Crippen LogP) is 2.85. The fourth-order valence-corrected chi connectivity index (χ4v) is 4.56. The average Bonchev–Trinajstić information content (AvgIpc) is 3.11. The van der Waals surface area contributed by atoms with E-state index in [-0.39, 0.29) is 0 Å². The maximum Gasteiger partial charge on any atom is 0.239 e. The number of hydrogen-bond donors (Lipinski definition) is 2. The van der Waals surface area contributed by atoms with E-state index in [1.54, 1.807) is 0 Å². The van der Waals surface area contributed by atoms with Crippen LogP contribution in [0.4, 0.5) is 11.6 Å². The number of aryl methyl sites for hydroxylation is 1. The number of nitrogen functional groups attached to an aromatic ring is 1. The van der Waals surface area contributed by atoms with E-state index in [2.05, 4.69) is 57.0 Å². The molecule has 1 aromatic carbocycles. The van der Waals surface area contributed by atoms with Crippen LogP contribution in [0.5, 0.6) is 0 Å². The normalized spacial score (nSPS) is 20.6. The zero-order valence-electron chi connectivity index (χ0n) is 15.9. The fourth-order valence-electron chi connectivity index (χ4n) is 4.56. The molecule has 0 aliphatic carbocycles. The second kappa shape index (κ2) is 7.27. The summed E-state index contributed by atoms with van der Waals surface area (Å²) in [5, 5.41) is 6.97. The van der Waals surface area contributed by atoms with Crippen molar-refractivity contribution in [3.05, 3.63) is 35.2 Å². The lowest BCUT2D eigenvalue weighted by Gasteiger charge is -2.42. The minimum absolute atomic E-state index is 0.362. The summed E-state index contributed by atoms with van der Waals surface area (Å²) in [6.07, 6.45) is 4.80. The van der Waals surface area contributed by atoms with Crippen molar-refractivity contribution in [2.24, 2.45) is 0 Å². The van der Waals surface area contributed by atoms with Gasteiger partial charge in [-0.3, -0.25) is 5.10 Å². The highest BCUT2D eigenvalue weighted by molar-refractivity contribution is 5.56. The number of piperidine rings is 2. The molecule has 2 aliphatic rings. The molecule has 0 spiro atoms. The first kappa shape index (κ1) is 17.3. The Kier molecular flexibility index (Phi) is 4.85. The molecule has 0 radical (unpaired) electrons. The molecule has 2 fully saturated rings. The van der Waals surface area contributed by atoms with Crippen LogP contribution in [0.15, 0.2) is 18.2 Å². The Morgan fingerprint density at radius 3 is 2.42 bits per heavy atom. The first-order valence-corrected chi connectivity index (χ1v) is 9.85. The molecule has 0 saturated carbocycles. The van der Waals surface area contributed by atoms with Gasteiger partial charge < -0.3 is 15.5 Å². The molecule has 26 heavy (non-hydrogen) atoms. The number of hydrogen-bond acceptors (Lipinski definition) is 5. The van der Waals surface area contributed by atoms with Crippen molar-refractivity contribution in [2.45, 2.75) is 51.5 Å². The Morgan fingerprint density at radius 1 is 1.04 bits per heavy atom. The van der Waals surface area contributed by atoms with E-state index in [1.807, 2.05) is 0 Å². The second-order valence-corrected chi connectivity index (χ2v) is 7.83. The fraction of sp³-hybridized carbons (Fsp3) is 0.600. The van der Waals surface area contributed by atoms with Gasteiger partial charge in [0, 0.05) is 30.7 Å². The minimum Gasteiger partial charge on any atom is -0.371 e. The molecule has 0 amide bonds. The van der Waals surface area contributed by atoms with Gasteiger partial charge in [-0.25, -0.2) is 0 Å². The van der Waals surface area contributed by atoms with Gasteiger partial charge in [-0.05, 0) is 69.8 Å². The van der Waals surface area contributed by atoms with Crippen LogP contribution >= 0.6 is 0 Å². The van der Waals surface area contributed by atoms with E-state index in [0.717, 1.165) is 50.9 Å². The molecule has 2 aromatic rings. The molecule has 4 rings (SSSR count). The molecule has 0 atom stereocenters. The summed E-state index contributed by atoms with van der Waals surface area (Å²) in [5.41, 5.74) is 9.88. The number of nitrogens with zero attached hydrogens (tertiary/aromatic N) is 4. The van der Waals surface area contributed by atoms with Crippen molar-refractivity contribution in [3.8, 4) is 0 Å². The highest BCUT2D eigenvalue weighted by Crippen LogP contribution is 2.31. The Hall–Kier alpha value is -2.08. The smallest absolute Gasteiger partial charge is 0.239 e. The predicted molar refractivity (Wildman–Crippen MR) is 105 cm³/mol. The van der Waals surface area contributed by atoms with Crippen LogP contribution < -0.4 is 10.6 Å². The number of anilines is 2. The Bertz CT molecular complexity index is 739. The van der Waals surface area contributed by atoms with Crippen molar-refractivity contribution < 1.29 is 0 Å². The molecule has 2 saturated heterocycles. The van der Waals surface area contributed by atoms with Gasteiger partial charge in [-0.1, -0.05) is 12.1 Å². The van der Waals surface area contributed by atoms with Crippen molar-refractivity contribution in [2.75, 3.05) is 36.8 Å². The average molecular weight is 355 g/mol. The van der Waals surface area contributed by atoms with E-state index in [0.29, 0.717) is 11.9 Å². The van der Waals surface area contributed by atoms with Gasteiger partial charge in [0.05, 0.1) is 0 Å². The van der Waals surface area contributed by atoms with Crippen LogP contribution in [0.25, 0.3) is 0 Å². The first-order valence-electron chi connectivity index (χ1n) is 9.85. The lowest BCUT2D eigenvalue weighted by Crippen LogP contribution is -2.47. The maximum absolute atomic E-state index is 5.64. The Labute approximate surface area is 155 Å². The molecule has 2 aliphatic heterocycles. The van der Waals surface area contributed by atoms with Gasteiger partial charge >= 0.3 is 0 Å². The summed E-state index contributed by atoms with van der Waals surface area (Å²) in [6, 6.07) is 7.39. The highest BCUT2D eigenvalue weighted by atomic mass is 15.3. The third-order valence-corrected chi connectivity index (χ3v) is 6.33. The Balaban J connectivity index is 1.31. The number of likely N-dealkylation sites (tertiary alicyclic amines) is 1. The lowest BCUT2D eigenvalue weighted by molar-refractivity contribution is 0.130. The topological polar surface area (TPSA) is 74.1 Å². The molecular weight excluding hydrogens is 324 g/mol. The van der Waals surface area contributed by atoms with E-state index in [1.165, 1.54) is 29.7 Å². The van der Waals surface area contributed by atoms with E-state index in [4.69, 9.17) is 5.73 Å². The number of rotatable bonds is 3. The van der Waals surface area contributed by atoms with Crippen LogP contribution in [-0.2, 0) is 0 Å². The van der Waals surface area contributed by atoms with Gasteiger partial charge in [0.15, 0.2) is 0 Å². The molecule has 6 nitrogen and oxygen atoms in total. The summed E-state index contributed by atoms with van der Waals surface area (Å²) < 4.78 is 0. The van der Waals surface area contributed by atoms with Gasteiger partial charge in [-0.2, -0.15) is 4.98 Å². The van der Waals surface area contributed by atoms with E-state index < -0.39 is 0 Å². The zero-order chi connectivity index (χ0) is 18.1. The number of nitrogens with one attached hydrogen (secondary N) is 1. The SMILES string of the molecule is Cc1cccc(N2CCC(N3CCC(c4nc(N)n[nH]4)CC3)CC2)c1C. The first-order chi connectivity index (χ1) is 12.6. The minimum atomic E-state index is 0.362. The molecule has 140 valence electrons. The van der Waals surface area contributed by atoms with Gasteiger partial charge in [-0.15, -0.1) is 5.10 Å². The van der Waals surface area contributed by atoms with Gasteiger partial charge in [0.25, 0.3) is 0 Å². The summed E-state index contributed by atoms with van der Waals surface area (Å²) in [6.45, 7) is 9.08. The third kappa shape index (κ3) is 3.43. The standard InChI is InChI=1S/C20H30N6/c1-14-4-3-5-18(15(14)2)26-12-8-17(9-13-26)25-10-6-16(7-11-25)19-22-20(21)24-23-19/h3-5,16-17H,6-13H2,1-2H3,(H3,21,22,23,24). The van der Waals surface area contributed by atoms with Crippen molar-refractivity contribution in [1.82, 2.24) is 20.1 Å². The van der Waals surface area contributed by atoms with E-state index in [9.17, 15) is 0 Å². The van der Waals surface area contributed by atoms with Gasteiger partial charge in [0.1, 0.15) is 5.82 Å². The number of aromatic nitrogens is 3. The summed E-state index contributed by atoms with van der Waals surface area (Å²) >= 11 is 0. The number of benzene rings is 1. The van der Waals surface area contributed by atoms with Crippen LogP contribution in [0.1, 0.15) is 48.6 Å². The molecule has 3 heterocycles.